The van der Waals surface area contributed by atoms with Gasteiger partial charge >= 0.3 is 0 Å². The lowest BCUT2D eigenvalue weighted by Gasteiger charge is -2.33. The zero-order valence-corrected chi connectivity index (χ0v) is 20.4. The number of benzene rings is 3. The van der Waals surface area contributed by atoms with E-state index in [1.807, 2.05) is 30.3 Å². The highest BCUT2D eigenvalue weighted by atomic mass is 35.5. The molecule has 0 aromatic heterocycles. The Balaban J connectivity index is 1.71. The van der Waals surface area contributed by atoms with Crippen LogP contribution in [0, 0.1) is 5.82 Å². The molecule has 1 aliphatic rings. The summed E-state index contributed by atoms with van der Waals surface area (Å²) in [5.74, 6) is -0.433. The van der Waals surface area contributed by atoms with Crippen molar-refractivity contribution in [1.29, 1.82) is 0 Å². The Morgan fingerprint density at radius 1 is 1.03 bits per heavy atom. The number of hydrogen-bond acceptors (Lipinski definition) is 3. The van der Waals surface area contributed by atoms with E-state index in [0.29, 0.717) is 54.3 Å². The van der Waals surface area contributed by atoms with Crippen molar-refractivity contribution < 1.29 is 18.7 Å². The summed E-state index contributed by atoms with van der Waals surface area (Å²) in [6.07, 6.45) is 1.95. The van der Waals surface area contributed by atoms with Gasteiger partial charge in [0.25, 0.3) is 11.8 Å². The molecule has 4 rings (SSSR count). The highest BCUT2D eigenvalue weighted by Crippen LogP contribution is 2.26. The molecule has 35 heavy (non-hydrogen) atoms. The molecule has 1 aliphatic heterocycles. The van der Waals surface area contributed by atoms with Crippen molar-refractivity contribution in [3.63, 3.8) is 0 Å². The number of carbonyl (C=O) groups excluding carboxylic acids is 2. The van der Waals surface area contributed by atoms with Gasteiger partial charge in [-0.05, 0) is 61.2 Å². The molecule has 0 spiro atoms. The minimum Gasteiger partial charge on any atom is -0.491 e. The average Bonchev–Trinajstić information content (AvgIpc) is 2.86. The first-order chi connectivity index (χ1) is 16.9. The maximum atomic E-state index is 13.9. The Morgan fingerprint density at radius 3 is 2.57 bits per heavy atom. The molecule has 0 bridgehead atoms. The Labute approximate surface area is 210 Å². The Hall–Kier alpha value is -3.38. The van der Waals surface area contributed by atoms with E-state index in [2.05, 4.69) is 0 Å². The Bertz CT molecular complexity index is 1190. The third-order valence-electron chi connectivity index (χ3n) is 6.18. The van der Waals surface area contributed by atoms with E-state index < -0.39 is 5.82 Å². The van der Waals surface area contributed by atoms with Crippen molar-refractivity contribution in [3.05, 3.63) is 100 Å². The van der Waals surface area contributed by atoms with Crippen LogP contribution in [0.4, 0.5) is 4.39 Å². The topological polar surface area (TPSA) is 49.9 Å². The van der Waals surface area contributed by atoms with Gasteiger partial charge in [0, 0.05) is 30.7 Å². The fraction of sp³-hybridized carbons (Fsp3) is 0.286. The summed E-state index contributed by atoms with van der Waals surface area (Å²) in [6, 6.07) is 20.3. The van der Waals surface area contributed by atoms with Gasteiger partial charge in [0.05, 0.1) is 11.6 Å². The standard InChI is InChI=1S/C28H28ClFN2O3/c1-31-14-5-6-15-32(27(33)21-10-7-11-23(30)17-21)24(16-20-8-3-2-4-9-20)19-35-26-13-12-22(29)18-25(26)28(31)34/h2-4,7-13,17-18,24H,5-6,14-16,19H2,1H3/t24-/m0/s1. The molecular weight excluding hydrogens is 467 g/mol. The summed E-state index contributed by atoms with van der Waals surface area (Å²) in [6.45, 7) is 1.16. The van der Waals surface area contributed by atoms with E-state index >= 15 is 0 Å². The lowest BCUT2D eigenvalue weighted by Crippen LogP contribution is -2.46. The summed E-state index contributed by atoms with van der Waals surface area (Å²) < 4.78 is 20.1. The third-order valence-corrected chi connectivity index (χ3v) is 6.41. The first-order valence-electron chi connectivity index (χ1n) is 11.7. The van der Waals surface area contributed by atoms with Crippen LogP contribution in [0.1, 0.15) is 39.1 Å². The van der Waals surface area contributed by atoms with Gasteiger partial charge in [-0.2, -0.15) is 0 Å². The average molecular weight is 495 g/mol. The molecule has 3 aromatic carbocycles. The van der Waals surface area contributed by atoms with E-state index in [4.69, 9.17) is 16.3 Å². The number of amides is 2. The minimum atomic E-state index is -0.452. The minimum absolute atomic E-state index is 0.157. The number of carbonyl (C=O) groups is 2. The van der Waals surface area contributed by atoms with E-state index in [9.17, 15) is 14.0 Å². The van der Waals surface area contributed by atoms with E-state index in [1.54, 1.807) is 47.2 Å². The smallest absolute Gasteiger partial charge is 0.257 e. The monoisotopic (exact) mass is 494 g/mol. The number of nitrogens with zero attached hydrogens (tertiary/aromatic N) is 2. The summed E-state index contributed by atoms with van der Waals surface area (Å²) in [5.41, 5.74) is 1.74. The fourth-order valence-corrected chi connectivity index (χ4v) is 4.47. The van der Waals surface area contributed by atoms with Gasteiger partial charge in [-0.1, -0.05) is 48.0 Å². The highest BCUT2D eigenvalue weighted by Gasteiger charge is 2.28. The third kappa shape index (κ3) is 6.20. The highest BCUT2D eigenvalue weighted by molar-refractivity contribution is 6.31. The summed E-state index contributed by atoms with van der Waals surface area (Å²) in [4.78, 5) is 30.1. The first-order valence-corrected chi connectivity index (χ1v) is 12.1. The zero-order valence-electron chi connectivity index (χ0n) is 19.6. The molecule has 7 heteroatoms. The van der Waals surface area contributed by atoms with Crippen LogP contribution < -0.4 is 4.74 Å². The van der Waals surface area contributed by atoms with Gasteiger partial charge in [0.1, 0.15) is 18.2 Å². The molecule has 0 aliphatic carbocycles. The molecule has 0 saturated heterocycles. The van der Waals surface area contributed by atoms with Gasteiger partial charge in [0.2, 0.25) is 0 Å². The molecule has 0 unspecified atom stereocenters. The second-order valence-electron chi connectivity index (χ2n) is 8.74. The van der Waals surface area contributed by atoms with Crippen molar-refractivity contribution in [2.45, 2.75) is 25.3 Å². The second-order valence-corrected chi connectivity index (χ2v) is 9.17. The van der Waals surface area contributed by atoms with Crippen molar-refractivity contribution in [3.8, 4) is 5.75 Å². The molecule has 0 N–H and O–H groups in total. The van der Waals surface area contributed by atoms with E-state index in [1.165, 1.54) is 12.1 Å². The lowest BCUT2D eigenvalue weighted by molar-refractivity contribution is 0.0590. The fourth-order valence-electron chi connectivity index (χ4n) is 4.30. The number of fused-ring (bicyclic) bond motifs is 1. The van der Waals surface area contributed by atoms with Gasteiger partial charge in [-0.25, -0.2) is 4.39 Å². The molecule has 1 atom stereocenters. The lowest BCUT2D eigenvalue weighted by atomic mass is 10.0. The van der Waals surface area contributed by atoms with Crippen LogP contribution >= 0.6 is 11.6 Å². The molecule has 0 radical (unpaired) electrons. The van der Waals surface area contributed by atoms with Crippen LogP contribution in [0.3, 0.4) is 0 Å². The maximum absolute atomic E-state index is 13.9. The molecule has 5 nitrogen and oxygen atoms in total. The number of ether oxygens (including phenoxy) is 1. The van der Waals surface area contributed by atoms with Crippen LogP contribution in [0.5, 0.6) is 5.75 Å². The predicted molar refractivity (Wildman–Crippen MR) is 135 cm³/mol. The Morgan fingerprint density at radius 2 is 1.80 bits per heavy atom. The zero-order chi connectivity index (χ0) is 24.8. The summed E-state index contributed by atoms with van der Waals surface area (Å²) in [5, 5.41) is 0.449. The van der Waals surface area contributed by atoms with Crippen molar-refractivity contribution >= 4 is 23.4 Å². The van der Waals surface area contributed by atoms with Gasteiger partial charge in [-0.3, -0.25) is 9.59 Å². The Kier molecular flexibility index (Phi) is 8.03. The quantitative estimate of drug-likeness (QED) is 0.484. The molecule has 0 saturated carbocycles. The van der Waals surface area contributed by atoms with Crippen LogP contribution in [0.15, 0.2) is 72.8 Å². The van der Waals surface area contributed by atoms with Crippen molar-refractivity contribution in [2.24, 2.45) is 0 Å². The van der Waals surface area contributed by atoms with Crippen LogP contribution in [0.25, 0.3) is 0 Å². The SMILES string of the molecule is CN1CCCCN(C(=O)c2cccc(F)c2)[C@@H](Cc2ccccc2)COc2ccc(Cl)cc2C1=O. The summed E-state index contributed by atoms with van der Waals surface area (Å²) in [7, 11) is 1.74. The first kappa shape index (κ1) is 24.7. The number of halogens is 2. The molecule has 1 heterocycles. The maximum Gasteiger partial charge on any atom is 0.257 e. The van der Waals surface area contributed by atoms with Crippen LogP contribution in [0.2, 0.25) is 5.02 Å². The predicted octanol–water partition coefficient (Wildman–Crippen LogP) is 5.48. The van der Waals surface area contributed by atoms with E-state index in [0.717, 1.165) is 5.56 Å². The second kappa shape index (κ2) is 11.4. The number of rotatable bonds is 3. The van der Waals surface area contributed by atoms with Crippen molar-refractivity contribution in [2.75, 3.05) is 26.7 Å². The molecular formula is C28H28ClFN2O3. The van der Waals surface area contributed by atoms with Gasteiger partial charge in [0.15, 0.2) is 0 Å². The van der Waals surface area contributed by atoms with Crippen LogP contribution in [-0.2, 0) is 6.42 Å². The van der Waals surface area contributed by atoms with E-state index in [-0.39, 0.29) is 24.5 Å². The van der Waals surface area contributed by atoms with Crippen LogP contribution in [-0.4, -0.2) is 54.4 Å². The normalized spacial score (nSPS) is 17.1. The molecule has 0 fully saturated rings. The van der Waals surface area contributed by atoms with Crippen molar-refractivity contribution in [1.82, 2.24) is 9.80 Å². The summed E-state index contributed by atoms with van der Waals surface area (Å²) >= 11 is 6.19. The number of hydrogen-bond donors (Lipinski definition) is 0. The molecule has 182 valence electrons. The largest absolute Gasteiger partial charge is 0.491 e. The molecule has 2 amide bonds. The van der Waals surface area contributed by atoms with Gasteiger partial charge in [-0.15, -0.1) is 0 Å². The van der Waals surface area contributed by atoms with Gasteiger partial charge < -0.3 is 14.5 Å². The molecule has 3 aromatic rings.